The van der Waals surface area contributed by atoms with Crippen LogP contribution in [0.1, 0.15) is 27.2 Å². The van der Waals surface area contributed by atoms with Crippen LogP contribution in [0.5, 0.6) is 0 Å². The Bertz CT molecular complexity index is 121. The molecule has 0 bridgehead atoms. The molecule has 0 fully saturated rings. The number of amides is 1. The summed E-state index contributed by atoms with van der Waals surface area (Å²) in [7, 11) is 0. The van der Waals surface area contributed by atoms with Crippen LogP contribution in [-0.4, -0.2) is 18.0 Å². The number of rotatable bonds is 3. The van der Waals surface area contributed by atoms with Crippen molar-refractivity contribution in [3.63, 3.8) is 0 Å². The van der Waals surface area contributed by atoms with Gasteiger partial charge in [0, 0.05) is 6.54 Å². The largest absolute Gasteiger partial charge is 0.355 e. The van der Waals surface area contributed by atoms with Gasteiger partial charge in [0.05, 0.1) is 5.54 Å². The lowest BCUT2D eigenvalue weighted by Crippen LogP contribution is -2.50. The zero-order chi connectivity index (χ0) is 8.20. The molecule has 0 saturated heterocycles. The minimum absolute atomic E-state index is 0.0718. The first kappa shape index (κ1) is 9.43. The number of hydrogen-bond acceptors (Lipinski definition) is 2. The van der Waals surface area contributed by atoms with Gasteiger partial charge in [-0.1, -0.05) is 6.92 Å². The Balaban J connectivity index is 3.91. The second-order valence-electron chi connectivity index (χ2n) is 2.63. The summed E-state index contributed by atoms with van der Waals surface area (Å²) in [6.45, 7) is 6.16. The van der Waals surface area contributed by atoms with Gasteiger partial charge < -0.3 is 11.1 Å². The maximum absolute atomic E-state index is 11.1. The van der Waals surface area contributed by atoms with Gasteiger partial charge in [-0.2, -0.15) is 0 Å². The first-order valence-corrected chi connectivity index (χ1v) is 3.61. The van der Waals surface area contributed by atoms with Crippen LogP contribution in [0, 0.1) is 0 Å². The Morgan fingerprint density at radius 2 is 2.10 bits per heavy atom. The number of hydrogen-bond donors (Lipinski definition) is 2. The maximum atomic E-state index is 11.1. The van der Waals surface area contributed by atoms with E-state index in [4.69, 9.17) is 5.73 Å². The van der Waals surface area contributed by atoms with Crippen molar-refractivity contribution in [1.29, 1.82) is 0 Å². The third-order valence-electron chi connectivity index (χ3n) is 1.59. The topological polar surface area (TPSA) is 55.1 Å². The van der Waals surface area contributed by atoms with Crippen LogP contribution in [0.15, 0.2) is 0 Å². The quantitative estimate of drug-likeness (QED) is 0.596. The lowest BCUT2D eigenvalue weighted by atomic mass is 10.00. The fourth-order valence-corrected chi connectivity index (χ4v) is 0.523. The minimum Gasteiger partial charge on any atom is -0.355 e. The van der Waals surface area contributed by atoms with Crippen LogP contribution in [-0.2, 0) is 4.79 Å². The summed E-state index contributed by atoms with van der Waals surface area (Å²) in [6, 6.07) is 0. The molecule has 3 nitrogen and oxygen atoms in total. The first-order valence-electron chi connectivity index (χ1n) is 3.61. The van der Waals surface area contributed by atoms with Gasteiger partial charge in [-0.05, 0) is 20.3 Å². The van der Waals surface area contributed by atoms with E-state index >= 15 is 0 Å². The molecule has 0 aromatic heterocycles. The van der Waals surface area contributed by atoms with E-state index in [9.17, 15) is 4.79 Å². The summed E-state index contributed by atoms with van der Waals surface area (Å²) >= 11 is 0. The van der Waals surface area contributed by atoms with E-state index in [1.807, 2.05) is 13.8 Å². The van der Waals surface area contributed by atoms with Crippen molar-refractivity contribution in [2.75, 3.05) is 6.54 Å². The fraction of sp³-hybridized carbons (Fsp3) is 0.857. The van der Waals surface area contributed by atoms with Gasteiger partial charge >= 0.3 is 0 Å². The van der Waals surface area contributed by atoms with E-state index in [-0.39, 0.29) is 5.91 Å². The summed E-state index contributed by atoms with van der Waals surface area (Å²) in [4.78, 5) is 11.1. The lowest BCUT2D eigenvalue weighted by molar-refractivity contribution is -0.125. The lowest BCUT2D eigenvalue weighted by Gasteiger charge is -2.20. The number of carbonyl (C=O) groups is 1. The molecule has 3 heteroatoms. The number of likely N-dealkylation sites (N-methyl/N-ethyl adjacent to an activating group) is 1. The predicted molar refractivity (Wildman–Crippen MR) is 41.6 cm³/mol. The summed E-state index contributed by atoms with van der Waals surface area (Å²) in [6.07, 6.45) is 0.666. The van der Waals surface area contributed by atoms with Gasteiger partial charge in [-0.3, -0.25) is 4.79 Å². The van der Waals surface area contributed by atoms with E-state index in [0.29, 0.717) is 13.0 Å². The molecule has 0 aromatic rings. The highest BCUT2D eigenvalue weighted by Crippen LogP contribution is 2.03. The smallest absolute Gasteiger partial charge is 0.239 e. The standard InChI is InChI=1S/C7H16N2O/c1-4-7(3,8)6(10)9-5-2/h4-5,8H2,1-3H3,(H,9,10). The van der Waals surface area contributed by atoms with Crippen molar-refractivity contribution in [2.45, 2.75) is 32.7 Å². The van der Waals surface area contributed by atoms with E-state index in [2.05, 4.69) is 5.32 Å². The minimum atomic E-state index is -0.698. The summed E-state index contributed by atoms with van der Waals surface area (Å²) in [5, 5.41) is 2.67. The third kappa shape index (κ3) is 2.35. The van der Waals surface area contributed by atoms with Crippen molar-refractivity contribution in [2.24, 2.45) is 5.73 Å². The van der Waals surface area contributed by atoms with Crippen LogP contribution in [0.2, 0.25) is 0 Å². The molecule has 1 atom stereocenters. The van der Waals surface area contributed by atoms with Crippen LogP contribution in [0.3, 0.4) is 0 Å². The van der Waals surface area contributed by atoms with Crippen molar-refractivity contribution < 1.29 is 4.79 Å². The number of nitrogens with one attached hydrogen (secondary N) is 1. The molecular formula is C7H16N2O. The molecule has 1 amide bonds. The molecular weight excluding hydrogens is 128 g/mol. The van der Waals surface area contributed by atoms with Crippen molar-refractivity contribution in [1.82, 2.24) is 5.32 Å². The summed E-state index contributed by atoms with van der Waals surface area (Å²) < 4.78 is 0. The Morgan fingerprint density at radius 3 is 2.40 bits per heavy atom. The average Bonchev–Trinajstić information content (AvgIpc) is 1.89. The third-order valence-corrected chi connectivity index (χ3v) is 1.59. The van der Waals surface area contributed by atoms with E-state index in [0.717, 1.165) is 0 Å². The second kappa shape index (κ2) is 3.56. The van der Waals surface area contributed by atoms with Gasteiger partial charge in [0.25, 0.3) is 0 Å². The van der Waals surface area contributed by atoms with Gasteiger partial charge in [0.2, 0.25) is 5.91 Å². The van der Waals surface area contributed by atoms with E-state index < -0.39 is 5.54 Å². The molecule has 0 aliphatic carbocycles. The molecule has 60 valence electrons. The summed E-state index contributed by atoms with van der Waals surface area (Å²) in [5.41, 5.74) is 4.94. The van der Waals surface area contributed by atoms with Gasteiger partial charge in [0.15, 0.2) is 0 Å². The molecule has 1 unspecified atom stereocenters. The molecule has 10 heavy (non-hydrogen) atoms. The Labute approximate surface area is 62.0 Å². The van der Waals surface area contributed by atoms with Gasteiger partial charge in [-0.15, -0.1) is 0 Å². The SMILES string of the molecule is CCNC(=O)C(C)(N)CC. The van der Waals surface area contributed by atoms with Crippen LogP contribution in [0.25, 0.3) is 0 Å². The first-order chi connectivity index (χ1) is 4.54. The Kier molecular flexibility index (Phi) is 3.36. The van der Waals surface area contributed by atoms with Crippen LogP contribution in [0.4, 0.5) is 0 Å². The highest BCUT2D eigenvalue weighted by Gasteiger charge is 2.24. The predicted octanol–water partition coefficient (Wildman–Crippen LogP) is 0.250. The van der Waals surface area contributed by atoms with Crippen molar-refractivity contribution in [3.05, 3.63) is 0 Å². The Hall–Kier alpha value is -0.570. The fourth-order valence-electron chi connectivity index (χ4n) is 0.523. The Morgan fingerprint density at radius 1 is 1.60 bits per heavy atom. The number of nitrogens with two attached hydrogens (primary N) is 1. The molecule has 0 saturated carbocycles. The molecule has 0 radical (unpaired) electrons. The maximum Gasteiger partial charge on any atom is 0.239 e. The van der Waals surface area contributed by atoms with Crippen LogP contribution >= 0.6 is 0 Å². The second-order valence-corrected chi connectivity index (χ2v) is 2.63. The zero-order valence-corrected chi connectivity index (χ0v) is 6.90. The number of carbonyl (C=O) groups excluding carboxylic acids is 1. The molecule has 0 spiro atoms. The van der Waals surface area contributed by atoms with Crippen LogP contribution < -0.4 is 11.1 Å². The molecule has 0 heterocycles. The van der Waals surface area contributed by atoms with E-state index in [1.165, 1.54) is 0 Å². The molecule has 3 N–H and O–H groups in total. The highest BCUT2D eigenvalue weighted by molar-refractivity contribution is 5.85. The molecule has 0 rings (SSSR count). The van der Waals surface area contributed by atoms with Gasteiger partial charge in [0.1, 0.15) is 0 Å². The normalized spacial score (nSPS) is 16.0. The monoisotopic (exact) mass is 144 g/mol. The molecule has 0 aliphatic rings. The van der Waals surface area contributed by atoms with Crippen molar-refractivity contribution in [3.8, 4) is 0 Å². The molecule has 0 aliphatic heterocycles. The molecule has 0 aromatic carbocycles. The average molecular weight is 144 g/mol. The highest BCUT2D eigenvalue weighted by atomic mass is 16.2. The zero-order valence-electron chi connectivity index (χ0n) is 6.90. The van der Waals surface area contributed by atoms with E-state index in [1.54, 1.807) is 6.92 Å². The van der Waals surface area contributed by atoms with Crippen molar-refractivity contribution >= 4 is 5.91 Å². The summed E-state index contributed by atoms with van der Waals surface area (Å²) in [5.74, 6) is -0.0718. The van der Waals surface area contributed by atoms with Gasteiger partial charge in [-0.25, -0.2) is 0 Å².